The number of benzene rings is 1. The Labute approximate surface area is 173 Å². The number of aryl methyl sites for hydroxylation is 1. The topological polar surface area (TPSA) is 92.0 Å². The van der Waals surface area contributed by atoms with Crippen LogP contribution in [0.1, 0.15) is 19.3 Å². The maximum Gasteiger partial charge on any atom is 0.185 e. The van der Waals surface area contributed by atoms with Gasteiger partial charge in [-0.1, -0.05) is 6.07 Å². The molecular formula is C21H24FN7O. The summed E-state index contributed by atoms with van der Waals surface area (Å²) in [6.45, 7) is 0. The Morgan fingerprint density at radius 1 is 1.17 bits per heavy atom. The van der Waals surface area contributed by atoms with Crippen LogP contribution in [0.25, 0.3) is 22.5 Å². The molecule has 5 rings (SSSR count). The molecule has 2 bridgehead atoms. The molecule has 0 spiro atoms. The van der Waals surface area contributed by atoms with Crippen LogP contribution < -0.4 is 10.2 Å². The summed E-state index contributed by atoms with van der Waals surface area (Å²) in [5, 5.41) is 26.5. The molecule has 2 aliphatic rings. The molecule has 9 heteroatoms. The first-order valence-corrected chi connectivity index (χ1v) is 10.1. The molecule has 2 fully saturated rings. The van der Waals surface area contributed by atoms with Gasteiger partial charge in [-0.15, -0.1) is 10.2 Å². The van der Waals surface area contributed by atoms with Gasteiger partial charge in [0.15, 0.2) is 11.6 Å². The normalized spacial score (nSPS) is 25.4. The lowest BCUT2D eigenvalue weighted by atomic mass is 9.98. The highest BCUT2D eigenvalue weighted by molar-refractivity contribution is 5.72. The molecule has 2 aromatic heterocycles. The average Bonchev–Trinajstić information content (AvgIpc) is 3.29. The Hall–Kier alpha value is -3.07. The number of alkyl halides is 1. The van der Waals surface area contributed by atoms with E-state index < -0.39 is 6.17 Å². The molecule has 3 aromatic rings. The minimum atomic E-state index is -0.766. The van der Waals surface area contributed by atoms with Gasteiger partial charge < -0.3 is 15.3 Å². The van der Waals surface area contributed by atoms with Crippen molar-refractivity contribution in [1.29, 1.82) is 0 Å². The fourth-order valence-electron chi connectivity index (χ4n) is 4.54. The highest BCUT2D eigenvalue weighted by Crippen LogP contribution is 2.34. The number of aromatic hydroxyl groups is 1. The summed E-state index contributed by atoms with van der Waals surface area (Å²) in [7, 11) is 3.80. The van der Waals surface area contributed by atoms with Gasteiger partial charge in [0.25, 0.3) is 0 Å². The summed E-state index contributed by atoms with van der Waals surface area (Å²) in [6.07, 6.45) is 6.74. The van der Waals surface area contributed by atoms with E-state index in [0.717, 1.165) is 24.0 Å². The molecule has 30 heavy (non-hydrogen) atoms. The van der Waals surface area contributed by atoms with Gasteiger partial charge in [0.2, 0.25) is 0 Å². The first-order valence-electron chi connectivity index (χ1n) is 10.1. The van der Waals surface area contributed by atoms with Crippen LogP contribution in [0.2, 0.25) is 0 Å². The number of anilines is 1. The van der Waals surface area contributed by atoms with Gasteiger partial charge in [0, 0.05) is 44.0 Å². The zero-order chi connectivity index (χ0) is 20.8. The summed E-state index contributed by atoms with van der Waals surface area (Å²) >= 11 is 0. The Morgan fingerprint density at radius 3 is 2.70 bits per heavy atom. The van der Waals surface area contributed by atoms with Gasteiger partial charge in [-0.05, 0) is 37.0 Å². The van der Waals surface area contributed by atoms with Crippen molar-refractivity contribution in [2.75, 3.05) is 11.9 Å². The van der Waals surface area contributed by atoms with Gasteiger partial charge in [-0.25, -0.2) is 9.37 Å². The summed E-state index contributed by atoms with van der Waals surface area (Å²) in [6, 6.07) is 5.70. The summed E-state index contributed by atoms with van der Waals surface area (Å²) in [5.74, 6) is 1.09. The molecule has 0 saturated carbocycles. The number of nitrogens with zero attached hydrogens (tertiary/aromatic N) is 6. The number of hydrogen-bond donors (Lipinski definition) is 2. The van der Waals surface area contributed by atoms with Crippen LogP contribution >= 0.6 is 0 Å². The lowest BCUT2D eigenvalue weighted by molar-refractivity contribution is 0.274. The molecule has 2 aliphatic heterocycles. The van der Waals surface area contributed by atoms with Crippen molar-refractivity contribution in [3.63, 3.8) is 0 Å². The van der Waals surface area contributed by atoms with Crippen LogP contribution in [-0.2, 0) is 7.05 Å². The molecule has 8 nitrogen and oxygen atoms in total. The van der Waals surface area contributed by atoms with Gasteiger partial charge in [0.05, 0.1) is 18.0 Å². The molecule has 0 radical (unpaired) electrons. The van der Waals surface area contributed by atoms with Crippen molar-refractivity contribution in [1.82, 2.24) is 30.3 Å². The number of hydrogen-bond acceptors (Lipinski definition) is 7. The zero-order valence-electron chi connectivity index (χ0n) is 16.9. The highest BCUT2D eigenvalue weighted by atomic mass is 19.1. The fourth-order valence-corrected chi connectivity index (χ4v) is 4.54. The SMILES string of the molecule is CN(c1cnc(-c2ccc(-c3cnn(C)c3)cc2O)nn1)[C@H]1C[C@@H]2C[C@H](F)[C@@H](C1)N2. The van der Waals surface area contributed by atoms with Crippen LogP contribution in [0, 0.1) is 0 Å². The van der Waals surface area contributed by atoms with E-state index in [0.29, 0.717) is 23.6 Å². The Balaban J connectivity index is 1.33. The van der Waals surface area contributed by atoms with E-state index in [9.17, 15) is 9.50 Å². The molecule has 2 saturated heterocycles. The molecular weight excluding hydrogens is 385 g/mol. The lowest BCUT2D eigenvalue weighted by Gasteiger charge is -2.35. The number of phenols is 1. The highest BCUT2D eigenvalue weighted by Gasteiger charge is 2.42. The number of nitrogens with one attached hydrogen (secondary N) is 1. The van der Waals surface area contributed by atoms with Gasteiger partial charge in [-0.3, -0.25) is 4.68 Å². The number of phenolic OH excluding ortho intramolecular Hbond substituents is 1. The molecule has 4 atom stereocenters. The minimum Gasteiger partial charge on any atom is -0.507 e. The van der Waals surface area contributed by atoms with E-state index in [1.807, 2.05) is 31.3 Å². The molecule has 4 heterocycles. The second-order valence-corrected chi connectivity index (χ2v) is 8.23. The molecule has 0 amide bonds. The van der Waals surface area contributed by atoms with Gasteiger partial charge in [-0.2, -0.15) is 5.10 Å². The van der Waals surface area contributed by atoms with E-state index in [1.165, 1.54) is 0 Å². The summed E-state index contributed by atoms with van der Waals surface area (Å²) in [5.41, 5.74) is 2.30. The monoisotopic (exact) mass is 409 g/mol. The molecule has 0 aliphatic carbocycles. The quantitative estimate of drug-likeness (QED) is 0.683. The Morgan fingerprint density at radius 2 is 2.03 bits per heavy atom. The molecule has 156 valence electrons. The van der Waals surface area contributed by atoms with Crippen molar-refractivity contribution in [2.24, 2.45) is 7.05 Å². The first kappa shape index (κ1) is 18.9. The smallest absolute Gasteiger partial charge is 0.185 e. The number of fused-ring (bicyclic) bond motifs is 2. The number of aromatic nitrogens is 5. The second kappa shape index (κ2) is 7.32. The van der Waals surface area contributed by atoms with Crippen LogP contribution in [0.4, 0.5) is 10.2 Å². The first-order chi connectivity index (χ1) is 14.5. The molecule has 0 unspecified atom stereocenters. The van der Waals surface area contributed by atoms with Crippen molar-refractivity contribution >= 4 is 5.82 Å². The van der Waals surface area contributed by atoms with Crippen molar-refractivity contribution in [3.8, 4) is 28.3 Å². The van der Waals surface area contributed by atoms with Crippen LogP contribution in [0.5, 0.6) is 5.75 Å². The zero-order valence-corrected chi connectivity index (χ0v) is 16.9. The second-order valence-electron chi connectivity index (χ2n) is 8.23. The summed E-state index contributed by atoms with van der Waals surface area (Å²) < 4.78 is 15.7. The van der Waals surface area contributed by atoms with E-state index >= 15 is 0 Å². The van der Waals surface area contributed by atoms with Gasteiger partial charge >= 0.3 is 0 Å². The average molecular weight is 409 g/mol. The van der Waals surface area contributed by atoms with Crippen LogP contribution in [0.15, 0.2) is 36.8 Å². The molecule has 1 aromatic carbocycles. The lowest BCUT2D eigenvalue weighted by Crippen LogP contribution is -2.48. The van der Waals surface area contributed by atoms with Crippen LogP contribution in [0.3, 0.4) is 0 Å². The fraction of sp³-hybridized carbons (Fsp3) is 0.429. The number of rotatable bonds is 4. The van der Waals surface area contributed by atoms with E-state index in [4.69, 9.17) is 0 Å². The summed E-state index contributed by atoms with van der Waals surface area (Å²) in [4.78, 5) is 6.46. The van der Waals surface area contributed by atoms with E-state index in [-0.39, 0.29) is 23.9 Å². The predicted octanol–water partition coefficient (Wildman–Crippen LogP) is 2.31. The van der Waals surface area contributed by atoms with Crippen molar-refractivity contribution in [3.05, 3.63) is 36.8 Å². The maximum atomic E-state index is 14.0. The van der Waals surface area contributed by atoms with E-state index in [2.05, 4.69) is 25.6 Å². The molecule has 2 N–H and O–H groups in total. The van der Waals surface area contributed by atoms with E-state index in [1.54, 1.807) is 29.2 Å². The predicted molar refractivity (Wildman–Crippen MR) is 111 cm³/mol. The number of halogens is 1. The third-order valence-electron chi connectivity index (χ3n) is 6.21. The Kier molecular flexibility index (Phi) is 4.62. The van der Waals surface area contributed by atoms with Crippen molar-refractivity contribution < 1.29 is 9.50 Å². The van der Waals surface area contributed by atoms with Crippen molar-refractivity contribution in [2.45, 2.75) is 43.6 Å². The third-order valence-corrected chi connectivity index (χ3v) is 6.21. The minimum absolute atomic E-state index is 0.0772. The van der Waals surface area contributed by atoms with Crippen LogP contribution in [-0.4, -0.2) is 61.4 Å². The largest absolute Gasteiger partial charge is 0.507 e. The number of piperidine rings is 1. The van der Waals surface area contributed by atoms with Gasteiger partial charge in [0.1, 0.15) is 11.9 Å². The standard InChI is InChI=1S/C21H24FN7O/c1-28-11-13(9-24-28)12-3-4-16(19(30)5-12)21-23-10-20(26-27-21)29(2)15-6-14-7-17(22)18(8-15)25-14/h3-5,9-11,14-15,17-18,25,30H,6-8H2,1-2H3/t14-,15+,17+,18-/m1/s1. The maximum absolute atomic E-state index is 14.0. The third kappa shape index (κ3) is 3.39. The Bertz CT molecular complexity index is 1050.